The highest BCUT2D eigenvalue weighted by Gasteiger charge is 2.03. The third-order valence-corrected chi connectivity index (χ3v) is 2.19. The maximum Gasteiger partial charge on any atom is 0.0715 e. The zero-order chi connectivity index (χ0) is 9.68. The van der Waals surface area contributed by atoms with Crippen LogP contribution in [0, 0.1) is 0 Å². The highest BCUT2D eigenvalue weighted by Crippen LogP contribution is 2.09. The van der Waals surface area contributed by atoms with Crippen LogP contribution in [0.15, 0.2) is 30.8 Å². The predicted molar refractivity (Wildman–Crippen MR) is 57.0 cm³/mol. The van der Waals surface area contributed by atoms with Crippen molar-refractivity contribution in [3.05, 3.63) is 42.0 Å². The number of benzene rings is 1. The fraction of sp³-hybridized carbons (Fsp3) is 0.273. The maximum atomic E-state index is 9.32. The highest BCUT2D eigenvalue weighted by molar-refractivity contribution is 6.18. The summed E-state index contributed by atoms with van der Waals surface area (Å²) in [5.41, 5.74) is 2.16. The summed E-state index contributed by atoms with van der Waals surface area (Å²) in [6.45, 7) is 3.68. The van der Waals surface area contributed by atoms with Gasteiger partial charge >= 0.3 is 0 Å². The lowest BCUT2D eigenvalue weighted by atomic mass is 10.1. The minimum atomic E-state index is -0.457. The van der Waals surface area contributed by atoms with Crippen molar-refractivity contribution >= 4 is 17.7 Å². The molecule has 0 heterocycles. The summed E-state index contributed by atoms with van der Waals surface area (Å²) in [4.78, 5) is 0. The Labute approximate surface area is 83.7 Å². The predicted octanol–water partition coefficient (Wildman–Crippen LogP) is 2.47. The van der Waals surface area contributed by atoms with Crippen LogP contribution >= 0.6 is 11.6 Å². The smallest absolute Gasteiger partial charge is 0.0715 e. The molecule has 0 radical (unpaired) electrons. The van der Waals surface area contributed by atoms with E-state index in [-0.39, 0.29) is 5.88 Å². The minimum absolute atomic E-state index is 0.276. The van der Waals surface area contributed by atoms with Crippen LogP contribution in [0.3, 0.4) is 0 Å². The van der Waals surface area contributed by atoms with Crippen molar-refractivity contribution in [1.29, 1.82) is 0 Å². The maximum absolute atomic E-state index is 9.32. The van der Waals surface area contributed by atoms with Crippen molar-refractivity contribution in [1.82, 2.24) is 0 Å². The van der Waals surface area contributed by atoms with Gasteiger partial charge in [0, 0.05) is 5.88 Å². The summed E-state index contributed by atoms with van der Waals surface area (Å²) in [7, 11) is 0. The molecule has 0 amide bonds. The zero-order valence-corrected chi connectivity index (χ0v) is 8.17. The molecule has 0 saturated heterocycles. The summed E-state index contributed by atoms with van der Waals surface area (Å²) in [5.74, 6) is 0.276. The summed E-state index contributed by atoms with van der Waals surface area (Å²) in [6.07, 6.45) is 1.93. The van der Waals surface area contributed by atoms with Gasteiger partial charge in [-0.2, -0.15) is 0 Å². The van der Waals surface area contributed by atoms with E-state index in [1.54, 1.807) is 6.08 Å². The molecule has 1 nitrogen and oxygen atoms in total. The summed E-state index contributed by atoms with van der Waals surface area (Å²) in [5, 5.41) is 9.32. The number of aliphatic hydroxyl groups is 1. The quantitative estimate of drug-likeness (QED) is 0.734. The molecule has 0 aliphatic carbocycles. The van der Waals surface area contributed by atoms with Crippen molar-refractivity contribution in [3.63, 3.8) is 0 Å². The largest absolute Gasteiger partial charge is 0.392 e. The van der Waals surface area contributed by atoms with E-state index >= 15 is 0 Å². The van der Waals surface area contributed by atoms with E-state index in [0.717, 1.165) is 11.1 Å². The van der Waals surface area contributed by atoms with E-state index in [4.69, 9.17) is 11.6 Å². The fourth-order valence-electron chi connectivity index (χ4n) is 1.17. The molecule has 1 aromatic carbocycles. The molecule has 1 atom stereocenters. The first-order chi connectivity index (χ1) is 6.26. The van der Waals surface area contributed by atoms with Gasteiger partial charge in [0.15, 0.2) is 0 Å². The first-order valence-corrected chi connectivity index (χ1v) is 4.75. The van der Waals surface area contributed by atoms with Gasteiger partial charge in [0.05, 0.1) is 6.10 Å². The van der Waals surface area contributed by atoms with Crippen molar-refractivity contribution in [2.24, 2.45) is 0 Å². The molecule has 2 heteroatoms. The summed E-state index contributed by atoms with van der Waals surface area (Å²) >= 11 is 5.51. The second kappa shape index (κ2) is 5.05. The van der Waals surface area contributed by atoms with Gasteiger partial charge in [-0.1, -0.05) is 36.9 Å². The third kappa shape index (κ3) is 3.21. The van der Waals surface area contributed by atoms with Crippen LogP contribution in [-0.4, -0.2) is 17.1 Å². The van der Waals surface area contributed by atoms with Gasteiger partial charge in [-0.15, -0.1) is 11.6 Å². The standard InChI is InChI=1S/C11H13ClO/c1-2-9-4-3-5-10(6-9)7-11(13)8-12/h2-6,11,13H,1,7-8H2/t11-/m1/s1. The Morgan fingerprint density at radius 3 is 2.92 bits per heavy atom. The molecule has 1 rings (SSSR count). The van der Waals surface area contributed by atoms with Crippen LogP contribution in [0.5, 0.6) is 0 Å². The minimum Gasteiger partial charge on any atom is -0.392 e. The first-order valence-electron chi connectivity index (χ1n) is 4.21. The Bertz CT molecular complexity index is 283. The Hall–Kier alpha value is -0.790. The molecular weight excluding hydrogens is 184 g/mol. The Balaban J connectivity index is 2.71. The number of rotatable bonds is 4. The number of hydrogen-bond acceptors (Lipinski definition) is 1. The molecule has 13 heavy (non-hydrogen) atoms. The van der Waals surface area contributed by atoms with Crippen LogP contribution in [0.1, 0.15) is 11.1 Å². The second-order valence-electron chi connectivity index (χ2n) is 2.96. The van der Waals surface area contributed by atoms with E-state index < -0.39 is 6.10 Å². The van der Waals surface area contributed by atoms with E-state index in [0.29, 0.717) is 6.42 Å². The van der Waals surface area contributed by atoms with Crippen LogP contribution in [0.4, 0.5) is 0 Å². The number of aliphatic hydroxyl groups excluding tert-OH is 1. The highest BCUT2D eigenvalue weighted by atomic mass is 35.5. The van der Waals surface area contributed by atoms with Crippen LogP contribution in [0.25, 0.3) is 6.08 Å². The molecule has 0 spiro atoms. The van der Waals surface area contributed by atoms with Gasteiger partial charge in [-0.3, -0.25) is 0 Å². The number of alkyl halides is 1. The topological polar surface area (TPSA) is 20.2 Å². The van der Waals surface area contributed by atoms with Crippen molar-refractivity contribution in [2.75, 3.05) is 5.88 Å². The molecule has 0 aromatic heterocycles. The third-order valence-electron chi connectivity index (χ3n) is 1.84. The Morgan fingerprint density at radius 2 is 2.31 bits per heavy atom. The molecule has 0 saturated carbocycles. The number of halogens is 1. The van der Waals surface area contributed by atoms with Gasteiger partial charge in [0.1, 0.15) is 0 Å². The van der Waals surface area contributed by atoms with Gasteiger partial charge < -0.3 is 5.11 Å². The van der Waals surface area contributed by atoms with Crippen LogP contribution in [0.2, 0.25) is 0 Å². The SMILES string of the molecule is C=Cc1cccc(C[C@@H](O)CCl)c1. The number of hydrogen-bond donors (Lipinski definition) is 1. The van der Waals surface area contributed by atoms with Gasteiger partial charge in [0.2, 0.25) is 0 Å². The van der Waals surface area contributed by atoms with E-state index in [1.807, 2.05) is 24.3 Å². The lowest BCUT2D eigenvalue weighted by molar-refractivity contribution is 0.199. The van der Waals surface area contributed by atoms with Crippen molar-refractivity contribution in [2.45, 2.75) is 12.5 Å². The average Bonchev–Trinajstić information content (AvgIpc) is 2.18. The summed E-state index contributed by atoms with van der Waals surface area (Å²) < 4.78 is 0. The summed E-state index contributed by atoms with van der Waals surface area (Å²) in [6, 6.07) is 7.91. The van der Waals surface area contributed by atoms with E-state index in [1.165, 1.54) is 0 Å². The van der Waals surface area contributed by atoms with E-state index in [9.17, 15) is 5.11 Å². The molecule has 0 aliphatic heterocycles. The van der Waals surface area contributed by atoms with Gasteiger partial charge in [0.25, 0.3) is 0 Å². The van der Waals surface area contributed by atoms with Crippen LogP contribution < -0.4 is 0 Å². The molecule has 0 unspecified atom stereocenters. The van der Waals surface area contributed by atoms with Crippen LogP contribution in [-0.2, 0) is 6.42 Å². The van der Waals surface area contributed by atoms with Crippen molar-refractivity contribution < 1.29 is 5.11 Å². The first kappa shape index (κ1) is 10.3. The lowest BCUT2D eigenvalue weighted by Crippen LogP contribution is -2.11. The normalized spacial score (nSPS) is 12.5. The average molecular weight is 197 g/mol. The fourth-order valence-corrected chi connectivity index (χ4v) is 1.28. The second-order valence-corrected chi connectivity index (χ2v) is 3.27. The van der Waals surface area contributed by atoms with Crippen molar-refractivity contribution in [3.8, 4) is 0 Å². The van der Waals surface area contributed by atoms with E-state index in [2.05, 4.69) is 6.58 Å². The molecule has 0 fully saturated rings. The van der Waals surface area contributed by atoms with Gasteiger partial charge in [-0.25, -0.2) is 0 Å². The lowest BCUT2D eigenvalue weighted by Gasteiger charge is -2.06. The monoisotopic (exact) mass is 196 g/mol. The van der Waals surface area contributed by atoms with Gasteiger partial charge in [-0.05, 0) is 17.5 Å². The molecular formula is C11H13ClO. The Kier molecular flexibility index (Phi) is 4.00. The molecule has 0 aliphatic rings. The molecule has 1 N–H and O–H groups in total. The molecule has 1 aromatic rings. The zero-order valence-electron chi connectivity index (χ0n) is 7.41. The molecule has 70 valence electrons. The Morgan fingerprint density at radius 1 is 1.54 bits per heavy atom. The molecule has 0 bridgehead atoms.